The van der Waals surface area contributed by atoms with Gasteiger partial charge in [-0.1, -0.05) is 55.0 Å². The number of amides is 1. The highest BCUT2D eigenvalue weighted by Crippen LogP contribution is 2.27. The molecule has 0 fully saturated rings. The van der Waals surface area contributed by atoms with E-state index in [-0.39, 0.29) is 17.3 Å². The van der Waals surface area contributed by atoms with Gasteiger partial charge in [0.25, 0.3) is 5.91 Å². The third-order valence-electron chi connectivity index (χ3n) is 4.14. The molecule has 164 valence electrons. The molecule has 0 spiro atoms. The Hall–Kier alpha value is -2.27. The molecule has 10 heteroatoms. The molecular weight excluding hydrogens is 452 g/mol. The Morgan fingerprint density at radius 2 is 1.81 bits per heavy atom. The molecule has 0 atom stereocenters. The zero-order valence-corrected chi connectivity index (χ0v) is 19.9. The highest BCUT2D eigenvalue weighted by Gasteiger charge is 2.16. The second-order valence-corrected chi connectivity index (χ2v) is 11.5. The topological polar surface area (TPSA) is 101 Å². The van der Waals surface area contributed by atoms with Gasteiger partial charge >= 0.3 is 0 Å². The molecule has 2 N–H and O–H groups in total. The minimum atomic E-state index is -3.58. The Bertz CT molecular complexity index is 1140. The van der Waals surface area contributed by atoms with Crippen molar-refractivity contribution in [3.8, 4) is 0 Å². The van der Waals surface area contributed by atoms with E-state index < -0.39 is 10.0 Å². The summed E-state index contributed by atoms with van der Waals surface area (Å²) < 4.78 is 27.3. The summed E-state index contributed by atoms with van der Waals surface area (Å²) in [5.74, 6) is -0.244. The number of rotatable bonds is 9. The van der Waals surface area contributed by atoms with Gasteiger partial charge in [0.1, 0.15) is 5.01 Å². The maximum atomic E-state index is 12.7. The predicted molar refractivity (Wildman–Crippen MR) is 125 cm³/mol. The lowest BCUT2D eigenvalue weighted by Gasteiger charge is -2.10. The van der Waals surface area contributed by atoms with E-state index in [1.165, 1.54) is 11.3 Å². The number of carbonyl (C=O) groups is 1. The predicted octanol–water partition coefficient (Wildman–Crippen LogP) is 4.12. The second kappa shape index (κ2) is 10.4. The number of anilines is 1. The molecule has 0 saturated carbocycles. The molecule has 0 aliphatic rings. The Morgan fingerprint density at radius 3 is 2.52 bits per heavy atom. The molecular formula is C21H24N4O3S3. The third kappa shape index (κ3) is 6.60. The van der Waals surface area contributed by atoms with Crippen molar-refractivity contribution in [3.63, 3.8) is 0 Å². The first-order valence-corrected chi connectivity index (χ1v) is 12.9. The van der Waals surface area contributed by atoms with Crippen LogP contribution >= 0.6 is 23.1 Å². The van der Waals surface area contributed by atoms with Crippen LogP contribution in [0.15, 0.2) is 58.3 Å². The van der Waals surface area contributed by atoms with Crippen molar-refractivity contribution < 1.29 is 13.2 Å². The molecule has 0 saturated heterocycles. The zero-order chi connectivity index (χ0) is 22.4. The number of thioether (sulfide) groups is 1. The molecule has 0 aliphatic heterocycles. The van der Waals surface area contributed by atoms with E-state index in [1.807, 2.05) is 25.1 Å². The lowest BCUT2D eigenvalue weighted by molar-refractivity contribution is 0.102. The van der Waals surface area contributed by atoms with Gasteiger partial charge in [-0.3, -0.25) is 10.1 Å². The van der Waals surface area contributed by atoms with Gasteiger partial charge in [-0.25, -0.2) is 13.1 Å². The largest absolute Gasteiger partial charge is 0.296 e. The lowest BCUT2D eigenvalue weighted by atomic mass is 10.2. The van der Waals surface area contributed by atoms with E-state index in [1.54, 1.807) is 42.1 Å². The molecule has 0 aliphatic carbocycles. The number of carbonyl (C=O) groups excluding carboxylic acids is 1. The van der Waals surface area contributed by atoms with Crippen molar-refractivity contribution in [3.05, 3.63) is 64.7 Å². The SMILES string of the molecule is Cc1ccc(S(=O)(=O)NCCc2nnc(NC(=O)c3ccccc3SC(C)C)s2)cc1. The van der Waals surface area contributed by atoms with Crippen LogP contribution in [-0.2, 0) is 16.4 Å². The highest BCUT2D eigenvalue weighted by atomic mass is 32.2. The Labute approximate surface area is 190 Å². The zero-order valence-electron chi connectivity index (χ0n) is 17.5. The third-order valence-corrected chi connectivity index (χ3v) is 7.60. The number of hydrogen-bond acceptors (Lipinski definition) is 7. The van der Waals surface area contributed by atoms with Gasteiger partial charge in [-0.05, 0) is 31.2 Å². The average molecular weight is 477 g/mol. The molecule has 1 aromatic heterocycles. The van der Waals surface area contributed by atoms with Crippen LogP contribution in [0.2, 0.25) is 0 Å². The van der Waals surface area contributed by atoms with Gasteiger partial charge in [0, 0.05) is 23.1 Å². The first-order chi connectivity index (χ1) is 14.7. The molecule has 0 radical (unpaired) electrons. The van der Waals surface area contributed by atoms with Gasteiger partial charge in [-0.2, -0.15) is 0 Å². The van der Waals surface area contributed by atoms with Gasteiger partial charge in [0.2, 0.25) is 15.2 Å². The average Bonchev–Trinajstić information content (AvgIpc) is 3.15. The number of nitrogens with zero attached hydrogens (tertiary/aromatic N) is 2. The van der Waals surface area contributed by atoms with Gasteiger partial charge < -0.3 is 0 Å². The Balaban J connectivity index is 1.57. The number of hydrogen-bond donors (Lipinski definition) is 2. The van der Waals surface area contributed by atoms with Crippen molar-refractivity contribution in [1.29, 1.82) is 0 Å². The van der Waals surface area contributed by atoms with Gasteiger partial charge in [0.05, 0.1) is 10.5 Å². The van der Waals surface area contributed by atoms with Gasteiger partial charge in [-0.15, -0.1) is 22.0 Å². The van der Waals surface area contributed by atoms with E-state index in [2.05, 4.69) is 34.1 Å². The van der Waals surface area contributed by atoms with Crippen LogP contribution in [0.4, 0.5) is 5.13 Å². The van der Waals surface area contributed by atoms with Crippen LogP contribution in [0.5, 0.6) is 0 Å². The molecule has 1 amide bonds. The fraction of sp³-hybridized carbons (Fsp3) is 0.286. The summed E-state index contributed by atoms with van der Waals surface area (Å²) in [5.41, 5.74) is 1.58. The van der Waals surface area contributed by atoms with E-state index in [4.69, 9.17) is 0 Å². The summed E-state index contributed by atoms with van der Waals surface area (Å²) in [6.45, 7) is 6.23. The quantitative estimate of drug-likeness (QED) is 0.451. The number of benzene rings is 2. The molecule has 0 unspecified atom stereocenters. The normalized spacial score (nSPS) is 11.6. The van der Waals surface area contributed by atoms with E-state index in [0.29, 0.717) is 27.4 Å². The monoisotopic (exact) mass is 476 g/mol. The number of aromatic nitrogens is 2. The smallest absolute Gasteiger partial charge is 0.258 e. The molecule has 3 aromatic rings. The van der Waals surface area contributed by atoms with Crippen LogP contribution in [0.3, 0.4) is 0 Å². The van der Waals surface area contributed by atoms with E-state index in [0.717, 1.165) is 10.5 Å². The molecule has 31 heavy (non-hydrogen) atoms. The fourth-order valence-electron chi connectivity index (χ4n) is 2.67. The van der Waals surface area contributed by atoms with Crippen LogP contribution in [0, 0.1) is 6.92 Å². The van der Waals surface area contributed by atoms with Crippen LogP contribution in [0.25, 0.3) is 0 Å². The molecule has 0 bridgehead atoms. The maximum Gasteiger partial charge on any atom is 0.258 e. The summed E-state index contributed by atoms with van der Waals surface area (Å²) in [5, 5.41) is 12.2. The number of sulfonamides is 1. The molecule has 1 heterocycles. The standard InChI is InChI=1S/C21H24N4O3S3/c1-14(2)29-18-7-5-4-6-17(18)20(26)23-21-25-24-19(30-21)12-13-22-31(27,28)16-10-8-15(3)9-11-16/h4-11,14,22H,12-13H2,1-3H3,(H,23,25,26). The summed E-state index contributed by atoms with van der Waals surface area (Å²) in [7, 11) is -3.58. The highest BCUT2D eigenvalue weighted by molar-refractivity contribution is 8.00. The minimum absolute atomic E-state index is 0.187. The summed E-state index contributed by atoms with van der Waals surface area (Å²) in [6.07, 6.45) is 0.373. The van der Waals surface area contributed by atoms with Crippen molar-refractivity contribution in [2.24, 2.45) is 0 Å². The van der Waals surface area contributed by atoms with Crippen molar-refractivity contribution in [2.45, 2.75) is 42.2 Å². The second-order valence-electron chi connectivity index (χ2n) is 7.08. The van der Waals surface area contributed by atoms with E-state index >= 15 is 0 Å². The molecule has 2 aromatic carbocycles. The van der Waals surface area contributed by atoms with Crippen molar-refractivity contribution in [2.75, 3.05) is 11.9 Å². The van der Waals surface area contributed by atoms with Gasteiger partial charge in [0.15, 0.2) is 0 Å². The first-order valence-electron chi connectivity index (χ1n) is 9.70. The number of aryl methyl sites for hydroxylation is 1. The Morgan fingerprint density at radius 1 is 1.10 bits per heavy atom. The maximum absolute atomic E-state index is 12.7. The summed E-state index contributed by atoms with van der Waals surface area (Å²) in [6, 6.07) is 14.1. The fourth-order valence-corrected chi connectivity index (χ4v) is 5.39. The summed E-state index contributed by atoms with van der Waals surface area (Å²) in [4.78, 5) is 13.8. The van der Waals surface area contributed by atoms with Crippen LogP contribution < -0.4 is 10.0 Å². The molecule has 3 rings (SSSR count). The van der Waals surface area contributed by atoms with Crippen molar-refractivity contribution >= 4 is 44.2 Å². The Kier molecular flexibility index (Phi) is 7.82. The summed E-state index contributed by atoms with van der Waals surface area (Å²) >= 11 is 2.85. The van der Waals surface area contributed by atoms with Crippen molar-refractivity contribution in [1.82, 2.24) is 14.9 Å². The molecule has 7 nitrogen and oxygen atoms in total. The lowest BCUT2D eigenvalue weighted by Crippen LogP contribution is -2.25. The first kappa shape index (κ1) is 23.4. The van der Waals surface area contributed by atoms with E-state index in [9.17, 15) is 13.2 Å². The van der Waals surface area contributed by atoms with Crippen LogP contribution in [0.1, 0.15) is 34.8 Å². The van der Waals surface area contributed by atoms with Crippen LogP contribution in [-0.4, -0.2) is 36.3 Å². The number of nitrogens with one attached hydrogen (secondary N) is 2. The minimum Gasteiger partial charge on any atom is -0.296 e.